The average Bonchev–Trinajstić information content (AvgIpc) is 2.55. The SMILES string of the molecule is O=C(COC(=O)COc1ccccc1Cl)Nc1cc(Cl)ccc1Cl. The van der Waals surface area contributed by atoms with Crippen LogP contribution in [0.25, 0.3) is 0 Å². The molecule has 5 nitrogen and oxygen atoms in total. The monoisotopic (exact) mass is 387 g/mol. The topological polar surface area (TPSA) is 64.6 Å². The maximum absolute atomic E-state index is 11.8. The van der Waals surface area contributed by atoms with Crippen LogP contribution >= 0.6 is 34.8 Å². The number of amides is 1. The predicted molar refractivity (Wildman–Crippen MR) is 93.0 cm³/mol. The number of esters is 1. The Hall–Kier alpha value is -1.95. The maximum atomic E-state index is 11.8. The highest BCUT2D eigenvalue weighted by atomic mass is 35.5. The van der Waals surface area contributed by atoms with Gasteiger partial charge in [-0.05, 0) is 30.3 Å². The van der Waals surface area contributed by atoms with Gasteiger partial charge in [-0.1, -0.05) is 46.9 Å². The Balaban J connectivity index is 1.78. The molecule has 0 aliphatic heterocycles. The molecule has 2 aromatic rings. The van der Waals surface area contributed by atoms with Crippen LogP contribution in [0.2, 0.25) is 15.1 Å². The van der Waals surface area contributed by atoms with Gasteiger partial charge < -0.3 is 14.8 Å². The molecule has 0 aromatic heterocycles. The van der Waals surface area contributed by atoms with Crippen molar-refractivity contribution in [3.05, 3.63) is 57.5 Å². The second-order valence-corrected chi connectivity index (χ2v) is 5.80. The summed E-state index contributed by atoms with van der Waals surface area (Å²) >= 11 is 17.6. The summed E-state index contributed by atoms with van der Waals surface area (Å²) in [6.45, 7) is -0.845. The van der Waals surface area contributed by atoms with Gasteiger partial charge in [-0.15, -0.1) is 0 Å². The van der Waals surface area contributed by atoms with Crippen LogP contribution in [0, 0.1) is 0 Å². The summed E-state index contributed by atoms with van der Waals surface area (Å²) in [4.78, 5) is 23.3. The third-order valence-electron chi connectivity index (χ3n) is 2.75. The first-order valence-electron chi connectivity index (χ1n) is 6.73. The van der Waals surface area contributed by atoms with Gasteiger partial charge in [0, 0.05) is 5.02 Å². The van der Waals surface area contributed by atoms with E-state index >= 15 is 0 Å². The maximum Gasteiger partial charge on any atom is 0.344 e. The lowest BCUT2D eigenvalue weighted by Gasteiger charge is -2.09. The van der Waals surface area contributed by atoms with Crippen molar-refractivity contribution in [3.63, 3.8) is 0 Å². The normalized spacial score (nSPS) is 10.1. The second kappa shape index (κ2) is 8.78. The largest absolute Gasteiger partial charge is 0.480 e. The molecule has 0 saturated heterocycles. The van der Waals surface area contributed by atoms with Crippen LogP contribution in [-0.4, -0.2) is 25.1 Å². The van der Waals surface area contributed by atoms with Crippen molar-refractivity contribution < 1.29 is 19.1 Å². The molecule has 0 radical (unpaired) electrons. The minimum absolute atomic E-state index is 0.320. The van der Waals surface area contributed by atoms with Gasteiger partial charge in [0.15, 0.2) is 13.2 Å². The Labute approximate surface area is 153 Å². The Bertz CT molecular complexity index is 752. The van der Waals surface area contributed by atoms with Gasteiger partial charge in [0.1, 0.15) is 5.75 Å². The predicted octanol–water partition coefficient (Wildman–Crippen LogP) is 4.21. The Kier molecular flexibility index (Phi) is 6.73. The second-order valence-electron chi connectivity index (χ2n) is 4.55. The van der Waals surface area contributed by atoms with Gasteiger partial charge in [0.25, 0.3) is 5.91 Å². The molecule has 0 spiro atoms. The summed E-state index contributed by atoms with van der Waals surface area (Å²) in [7, 11) is 0. The van der Waals surface area contributed by atoms with Crippen molar-refractivity contribution in [1.82, 2.24) is 0 Å². The number of nitrogens with one attached hydrogen (secondary N) is 1. The van der Waals surface area contributed by atoms with E-state index in [0.717, 1.165) is 0 Å². The van der Waals surface area contributed by atoms with E-state index in [0.29, 0.717) is 26.5 Å². The van der Waals surface area contributed by atoms with E-state index in [4.69, 9.17) is 44.3 Å². The number of anilines is 1. The van der Waals surface area contributed by atoms with Crippen molar-refractivity contribution in [2.45, 2.75) is 0 Å². The summed E-state index contributed by atoms with van der Waals surface area (Å²) in [5, 5.41) is 3.61. The van der Waals surface area contributed by atoms with Crippen molar-refractivity contribution in [1.29, 1.82) is 0 Å². The van der Waals surface area contributed by atoms with E-state index in [1.165, 1.54) is 6.07 Å². The Morgan fingerprint density at radius 3 is 2.46 bits per heavy atom. The number of hydrogen-bond donors (Lipinski definition) is 1. The lowest BCUT2D eigenvalue weighted by atomic mass is 10.3. The zero-order valence-corrected chi connectivity index (χ0v) is 14.5. The first kappa shape index (κ1) is 18.4. The summed E-state index contributed by atoms with van der Waals surface area (Å²) in [6.07, 6.45) is 0. The number of hydrogen-bond acceptors (Lipinski definition) is 4. The molecule has 0 fully saturated rings. The standard InChI is InChI=1S/C16H12Cl3NO4/c17-10-5-6-11(18)13(7-10)20-15(21)8-24-16(22)9-23-14-4-2-1-3-12(14)19/h1-7H,8-9H2,(H,20,21). The number of carbonyl (C=O) groups is 2. The minimum Gasteiger partial charge on any atom is -0.480 e. The molecule has 0 aliphatic rings. The number of benzene rings is 2. The van der Waals surface area contributed by atoms with Crippen molar-refractivity contribution in [2.24, 2.45) is 0 Å². The van der Waals surface area contributed by atoms with Crippen LogP contribution in [-0.2, 0) is 14.3 Å². The van der Waals surface area contributed by atoms with Crippen LogP contribution in [0.3, 0.4) is 0 Å². The Morgan fingerprint density at radius 1 is 0.958 bits per heavy atom. The van der Waals surface area contributed by atoms with Gasteiger partial charge in [-0.3, -0.25) is 4.79 Å². The lowest BCUT2D eigenvalue weighted by Crippen LogP contribution is -2.23. The molecular formula is C16H12Cl3NO4. The molecule has 0 aliphatic carbocycles. The molecular weight excluding hydrogens is 377 g/mol. The lowest BCUT2D eigenvalue weighted by molar-refractivity contribution is -0.149. The van der Waals surface area contributed by atoms with Crippen LogP contribution in [0.15, 0.2) is 42.5 Å². The highest BCUT2D eigenvalue weighted by Crippen LogP contribution is 2.25. The first-order chi connectivity index (χ1) is 11.5. The first-order valence-corrected chi connectivity index (χ1v) is 7.87. The molecule has 2 aromatic carbocycles. The van der Waals surface area contributed by atoms with Crippen LogP contribution in [0.1, 0.15) is 0 Å². The summed E-state index contributed by atoms with van der Waals surface area (Å²) in [6, 6.07) is 11.3. The highest BCUT2D eigenvalue weighted by molar-refractivity contribution is 6.35. The van der Waals surface area contributed by atoms with Gasteiger partial charge in [0.2, 0.25) is 0 Å². The fourth-order valence-corrected chi connectivity index (χ4v) is 2.19. The summed E-state index contributed by atoms with van der Waals surface area (Å²) < 4.78 is 10.0. The van der Waals surface area contributed by atoms with Crippen LogP contribution in [0.4, 0.5) is 5.69 Å². The summed E-state index contributed by atoms with van der Waals surface area (Å²) in [5.41, 5.74) is 0.331. The van der Waals surface area contributed by atoms with Crippen molar-refractivity contribution in [3.8, 4) is 5.75 Å². The average molecular weight is 389 g/mol. The van der Waals surface area contributed by atoms with Crippen LogP contribution in [0.5, 0.6) is 5.75 Å². The number of rotatable bonds is 6. The van der Waals surface area contributed by atoms with Gasteiger partial charge >= 0.3 is 5.97 Å². The van der Waals surface area contributed by atoms with Crippen molar-refractivity contribution >= 4 is 52.4 Å². The number of ether oxygens (including phenoxy) is 2. The third-order valence-corrected chi connectivity index (χ3v) is 3.63. The number of carbonyl (C=O) groups excluding carboxylic acids is 2. The molecule has 0 atom stereocenters. The molecule has 8 heteroatoms. The zero-order chi connectivity index (χ0) is 17.5. The van der Waals surface area contributed by atoms with Gasteiger partial charge in [-0.25, -0.2) is 4.79 Å². The van der Waals surface area contributed by atoms with Crippen molar-refractivity contribution in [2.75, 3.05) is 18.5 Å². The molecule has 0 saturated carbocycles. The van der Waals surface area contributed by atoms with E-state index < -0.39 is 18.5 Å². The number of halogens is 3. The molecule has 24 heavy (non-hydrogen) atoms. The quantitative estimate of drug-likeness (QED) is 0.753. The molecule has 0 heterocycles. The third kappa shape index (κ3) is 5.60. The molecule has 1 amide bonds. The zero-order valence-electron chi connectivity index (χ0n) is 12.2. The summed E-state index contributed by atoms with van der Waals surface area (Å²) in [5.74, 6) is -0.904. The van der Waals surface area contributed by atoms with E-state index in [9.17, 15) is 9.59 Å². The van der Waals surface area contributed by atoms with E-state index in [1.54, 1.807) is 36.4 Å². The van der Waals surface area contributed by atoms with E-state index in [1.807, 2.05) is 0 Å². The molecule has 0 bridgehead atoms. The number of para-hydroxylation sites is 1. The Morgan fingerprint density at radius 2 is 1.71 bits per heavy atom. The van der Waals surface area contributed by atoms with Gasteiger partial charge in [0.05, 0.1) is 15.7 Å². The van der Waals surface area contributed by atoms with E-state index in [-0.39, 0.29) is 6.61 Å². The fraction of sp³-hybridized carbons (Fsp3) is 0.125. The van der Waals surface area contributed by atoms with E-state index in [2.05, 4.69) is 5.32 Å². The highest BCUT2D eigenvalue weighted by Gasteiger charge is 2.11. The smallest absolute Gasteiger partial charge is 0.344 e. The molecule has 1 N–H and O–H groups in total. The fourth-order valence-electron chi connectivity index (χ4n) is 1.67. The molecule has 126 valence electrons. The minimum atomic E-state index is -0.706. The molecule has 2 rings (SSSR count). The molecule has 0 unspecified atom stereocenters. The van der Waals surface area contributed by atoms with Crippen LogP contribution < -0.4 is 10.1 Å². The van der Waals surface area contributed by atoms with Gasteiger partial charge in [-0.2, -0.15) is 0 Å².